The number of aromatic amines is 2. The molecule has 20 heavy (non-hydrogen) atoms. The Morgan fingerprint density at radius 1 is 1.55 bits per heavy atom. The quantitative estimate of drug-likeness (QED) is 0.859. The second-order valence-corrected chi connectivity index (χ2v) is 5.71. The van der Waals surface area contributed by atoms with Crippen molar-refractivity contribution in [2.45, 2.75) is 13.0 Å². The van der Waals surface area contributed by atoms with Crippen LogP contribution in [0.5, 0.6) is 0 Å². The number of rotatable bonds is 2. The first kappa shape index (κ1) is 13.0. The maximum atomic E-state index is 12.4. The van der Waals surface area contributed by atoms with E-state index in [0.29, 0.717) is 6.54 Å². The number of hydrogen-bond acceptors (Lipinski definition) is 5. The lowest BCUT2D eigenvalue weighted by molar-refractivity contribution is 0.0669. The van der Waals surface area contributed by atoms with Gasteiger partial charge in [0.25, 0.3) is 5.91 Å². The van der Waals surface area contributed by atoms with E-state index >= 15 is 0 Å². The molecule has 2 aromatic heterocycles. The molecule has 1 amide bonds. The monoisotopic (exact) mass is 294 g/mol. The molecule has 106 valence electrons. The lowest BCUT2D eigenvalue weighted by atomic mass is 10.2. The predicted molar refractivity (Wildman–Crippen MR) is 73.8 cm³/mol. The minimum Gasteiger partial charge on any atom is -0.464 e. The Kier molecular flexibility index (Phi) is 3.39. The van der Waals surface area contributed by atoms with Crippen LogP contribution in [0.2, 0.25) is 0 Å². The third-order valence-corrected chi connectivity index (χ3v) is 4.21. The summed E-state index contributed by atoms with van der Waals surface area (Å²) in [5.41, 5.74) is -0.481. The Balaban J connectivity index is 1.89. The molecule has 3 rings (SSSR count). The highest BCUT2D eigenvalue weighted by Crippen LogP contribution is 2.31. The summed E-state index contributed by atoms with van der Waals surface area (Å²) >= 11 is 1.77. The minimum absolute atomic E-state index is 0.0372. The fourth-order valence-electron chi connectivity index (χ4n) is 2.22. The van der Waals surface area contributed by atoms with Crippen molar-refractivity contribution in [1.82, 2.24) is 20.1 Å². The van der Waals surface area contributed by atoms with Crippen LogP contribution in [0, 0.1) is 6.92 Å². The molecular formula is C12H14N4O3S. The smallest absolute Gasteiger partial charge is 0.341 e. The van der Waals surface area contributed by atoms with Crippen LogP contribution in [0.4, 0.5) is 0 Å². The van der Waals surface area contributed by atoms with Crippen molar-refractivity contribution >= 4 is 17.7 Å². The third-order valence-electron chi connectivity index (χ3n) is 3.18. The van der Waals surface area contributed by atoms with E-state index < -0.39 is 5.69 Å². The van der Waals surface area contributed by atoms with Gasteiger partial charge in [0.1, 0.15) is 11.5 Å². The number of aromatic nitrogens is 3. The second-order valence-electron chi connectivity index (χ2n) is 4.56. The molecule has 2 aromatic rings. The summed E-state index contributed by atoms with van der Waals surface area (Å²) in [7, 11) is 0. The van der Waals surface area contributed by atoms with Crippen LogP contribution in [0.25, 0.3) is 0 Å². The van der Waals surface area contributed by atoms with E-state index in [1.54, 1.807) is 16.7 Å². The van der Waals surface area contributed by atoms with Crippen molar-refractivity contribution in [1.29, 1.82) is 0 Å². The van der Waals surface area contributed by atoms with E-state index in [0.717, 1.165) is 23.0 Å². The molecule has 3 heterocycles. The molecular weight excluding hydrogens is 280 g/mol. The third kappa shape index (κ3) is 2.38. The molecule has 2 N–H and O–H groups in total. The van der Waals surface area contributed by atoms with Gasteiger partial charge in [0.15, 0.2) is 0 Å². The molecule has 0 aliphatic carbocycles. The molecule has 0 aromatic carbocycles. The number of aryl methyl sites for hydroxylation is 1. The number of nitrogens with zero attached hydrogens (tertiary/aromatic N) is 2. The lowest BCUT2D eigenvalue weighted by Crippen LogP contribution is -2.41. The van der Waals surface area contributed by atoms with Gasteiger partial charge in [-0.05, 0) is 19.1 Å². The van der Waals surface area contributed by atoms with E-state index in [1.165, 1.54) is 0 Å². The van der Waals surface area contributed by atoms with E-state index in [-0.39, 0.29) is 17.8 Å². The van der Waals surface area contributed by atoms with Crippen molar-refractivity contribution in [2.75, 3.05) is 18.1 Å². The first-order valence-corrected chi connectivity index (χ1v) is 7.40. The van der Waals surface area contributed by atoms with E-state index in [9.17, 15) is 9.59 Å². The van der Waals surface area contributed by atoms with Crippen LogP contribution >= 0.6 is 11.8 Å². The highest BCUT2D eigenvalue weighted by Gasteiger charge is 2.32. The summed E-state index contributed by atoms with van der Waals surface area (Å²) in [6.07, 6.45) is 0. The molecule has 0 unspecified atom stereocenters. The van der Waals surface area contributed by atoms with Gasteiger partial charge in [-0.3, -0.25) is 9.78 Å². The van der Waals surface area contributed by atoms with Crippen LogP contribution in [-0.2, 0) is 0 Å². The van der Waals surface area contributed by atoms with E-state index in [1.807, 2.05) is 19.1 Å². The molecule has 0 saturated carbocycles. The summed E-state index contributed by atoms with van der Waals surface area (Å²) in [6.45, 7) is 2.47. The number of thioether (sulfide) groups is 1. The summed E-state index contributed by atoms with van der Waals surface area (Å²) in [5.74, 6) is 2.96. The number of H-pyrrole nitrogens is 2. The number of furan rings is 1. The largest absolute Gasteiger partial charge is 0.464 e. The Morgan fingerprint density at radius 2 is 2.40 bits per heavy atom. The van der Waals surface area contributed by atoms with E-state index in [2.05, 4.69) is 15.2 Å². The summed E-state index contributed by atoms with van der Waals surface area (Å²) < 4.78 is 5.64. The zero-order valence-corrected chi connectivity index (χ0v) is 11.7. The average molecular weight is 294 g/mol. The number of carbonyl (C=O) groups excluding carboxylic acids is 1. The van der Waals surface area contributed by atoms with Gasteiger partial charge < -0.3 is 9.32 Å². The fourth-order valence-corrected chi connectivity index (χ4v) is 3.28. The molecule has 1 atom stereocenters. The maximum absolute atomic E-state index is 12.4. The van der Waals surface area contributed by atoms with Gasteiger partial charge in [-0.15, -0.1) is 5.10 Å². The van der Waals surface area contributed by atoms with Gasteiger partial charge in [-0.1, -0.05) is 0 Å². The molecule has 1 aliphatic rings. The van der Waals surface area contributed by atoms with Gasteiger partial charge in [-0.25, -0.2) is 9.89 Å². The topological polar surface area (TPSA) is 95.0 Å². The molecule has 1 fully saturated rings. The maximum Gasteiger partial charge on any atom is 0.341 e. The van der Waals surface area contributed by atoms with Crippen LogP contribution in [-0.4, -0.2) is 44.0 Å². The van der Waals surface area contributed by atoms with Gasteiger partial charge >= 0.3 is 5.69 Å². The van der Waals surface area contributed by atoms with Crippen LogP contribution < -0.4 is 5.69 Å². The van der Waals surface area contributed by atoms with E-state index in [4.69, 9.17) is 4.42 Å². The van der Waals surface area contributed by atoms with Crippen molar-refractivity contribution in [3.05, 3.63) is 40.0 Å². The van der Waals surface area contributed by atoms with Crippen LogP contribution in [0.3, 0.4) is 0 Å². The molecule has 1 saturated heterocycles. The van der Waals surface area contributed by atoms with Gasteiger partial charge in [0.05, 0.1) is 6.04 Å². The zero-order valence-electron chi connectivity index (χ0n) is 10.9. The lowest BCUT2D eigenvalue weighted by Gasteiger charge is -2.33. The SMILES string of the molecule is Cc1ccc([C@@H]2CSCCN2C(=O)c2n[nH]c(=O)[nH]2)o1. The van der Waals surface area contributed by atoms with Crippen molar-refractivity contribution < 1.29 is 9.21 Å². The number of carbonyl (C=O) groups is 1. The van der Waals surface area contributed by atoms with Crippen molar-refractivity contribution in [2.24, 2.45) is 0 Å². The molecule has 7 nitrogen and oxygen atoms in total. The van der Waals surface area contributed by atoms with Gasteiger partial charge in [0, 0.05) is 18.1 Å². The van der Waals surface area contributed by atoms with Crippen molar-refractivity contribution in [3.63, 3.8) is 0 Å². The number of amides is 1. The average Bonchev–Trinajstić information content (AvgIpc) is 3.07. The zero-order chi connectivity index (χ0) is 14.1. The molecule has 0 bridgehead atoms. The Morgan fingerprint density at radius 3 is 3.05 bits per heavy atom. The Bertz CT molecular complexity index is 674. The first-order chi connectivity index (χ1) is 9.65. The van der Waals surface area contributed by atoms with Crippen LogP contribution in [0.1, 0.15) is 28.2 Å². The molecule has 0 spiro atoms. The Hall–Kier alpha value is -1.96. The summed E-state index contributed by atoms with van der Waals surface area (Å²) in [4.78, 5) is 27.6. The molecule has 1 aliphatic heterocycles. The highest BCUT2D eigenvalue weighted by atomic mass is 32.2. The number of hydrogen-bond donors (Lipinski definition) is 2. The van der Waals surface area contributed by atoms with Gasteiger partial charge in [0.2, 0.25) is 5.82 Å². The second kappa shape index (κ2) is 5.20. The van der Waals surface area contributed by atoms with Crippen molar-refractivity contribution in [3.8, 4) is 0 Å². The Labute approximate surface area is 118 Å². The first-order valence-electron chi connectivity index (χ1n) is 6.25. The van der Waals surface area contributed by atoms with Crippen LogP contribution in [0.15, 0.2) is 21.3 Å². The molecule has 0 radical (unpaired) electrons. The normalized spacial score (nSPS) is 19.2. The number of nitrogens with one attached hydrogen (secondary N) is 2. The van der Waals surface area contributed by atoms with Gasteiger partial charge in [-0.2, -0.15) is 11.8 Å². The molecule has 8 heteroatoms. The fraction of sp³-hybridized carbons (Fsp3) is 0.417. The summed E-state index contributed by atoms with van der Waals surface area (Å²) in [5, 5.41) is 5.91. The standard InChI is InChI=1S/C12H14N4O3S/c1-7-2-3-9(19-7)8-6-20-5-4-16(8)11(17)10-13-12(18)15-14-10/h2-3,8H,4-6H2,1H3,(H2,13,14,15,18)/t8-/m0/s1. The predicted octanol–water partition coefficient (Wildman–Crippen LogP) is 0.930. The summed E-state index contributed by atoms with van der Waals surface area (Å²) in [6, 6.07) is 3.64. The minimum atomic E-state index is -0.481. The highest BCUT2D eigenvalue weighted by molar-refractivity contribution is 7.99.